The van der Waals surface area contributed by atoms with Crippen LogP contribution in [-0.4, -0.2) is 21.2 Å². The number of amides is 1. The zero-order valence-corrected chi connectivity index (χ0v) is 19.6. The van der Waals surface area contributed by atoms with Gasteiger partial charge < -0.3 is 5.73 Å². The molecule has 7 nitrogen and oxygen atoms in total. The molecule has 3 aromatic rings. The molecule has 0 saturated carbocycles. The van der Waals surface area contributed by atoms with Crippen molar-refractivity contribution in [2.45, 2.75) is 37.8 Å². The molecule has 0 spiro atoms. The SMILES string of the molecule is CCCCn1c(N)c(N(Cc2ccccc2)C(=O)CSc2ccc(F)c(Cl)c2)c(=O)[nH]c1=O. The minimum Gasteiger partial charge on any atom is -0.383 e. The molecule has 0 fully saturated rings. The highest BCUT2D eigenvalue weighted by molar-refractivity contribution is 8.00. The van der Waals surface area contributed by atoms with E-state index in [0.29, 0.717) is 17.9 Å². The lowest BCUT2D eigenvalue weighted by Gasteiger charge is -2.24. The number of aromatic amines is 1. The molecule has 0 radical (unpaired) electrons. The van der Waals surface area contributed by atoms with Crippen LogP contribution < -0.4 is 21.9 Å². The molecule has 0 aliphatic heterocycles. The van der Waals surface area contributed by atoms with E-state index in [1.54, 1.807) is 0 Å². The Labute approximate surface area is 199 Å². The largest absolute Gasteiger partial charge is 0.383 e. The van der Waals surface area contributed by atoms with E-state index in [9.17, 15) is 18.8 Å². The van der Waals surface area contributed by atoms with Crippen LogP contribution >= 0.6 is 23.4 Å². The smallest absolute Gasteiger partial charge is 0.330 e. The van der Waals surface area contributed by atoms with Crippen molar-refractivity contribution in [1.29, 1.82) is 0 Å². The van der Waals surface area contributed by atoms with Crippen molar-refractivity contribution in [3.63, 3.8) is 0 Å². The number of benzene rings is 2. The maximum Gasteiger partial charge on any atom is 0.330 e. The molecule has 1 aromatic heterocycles. The number of hydrogen-bond donors (Lipinski definition) is 2. The predicted molar refractivity (Wildman–Crippen MR) is 130 cm³/mol. The molecule has 3 N–H and O–H groups in total. The molecule has 0 atom stereocenters. The van der Waals surface area contributed by atoms with Crippen LogP contribution in [0.15, 0.2) is 63.0 Å². The molecule has 33 heavy (non-hydrogen) atoms. The summed E-state index contributed by atoms with van der Waals surface area (Å²) in [7, 11) is 0. The predicted octanol–water partition coefficient (Wildman–Crippen LogP) is 4.04. The molecule has 2 aromatic carbocycles. The topological polar surface area (TPSA) is 101 Å². The number of aromatic nitrogens is 2. The van der Waals surface area contributed by atoms with Crippen LogP contribution in [0.1, 0.15) is 25.3 Å². The average molecular weight is 491 g/mol. The fourth-order valence-corrected chi connectivity index (χ4v) is 4.28. The summed E-state index contributed by atoms with van der Waals surface area (Å²) < 4.78 is 14.7. The molecule has 1 amide bonds. The van der Waals surface area contributed by atoms with E-state index in [2.05, 4.69) is 4.98 Å². The summed E-state index contributed by atoms with van der Waals surface area (Å²) in [5.41, 5.74) is 5.61. The number of nitrogens with two attached hydrogens (primary N) is 1. The summed E-state index contributed by atoms with van der Waals surface area (Å²) >= 11 is 6.99. The van der Waals surface area contributed by atoms with Crippen LogP contribution in [0.3, 0.4) is 0 Å². The molecule has 0 aliphatic rings. The highest BCUT2D eigenvalue weighted by Gasteiger charge is 2.24. The molecule has 3 rings (SSSR count). The second-order valence-corrected chi connectivity index (χ2v) is 8.78. The van der Waals surface area contributed by atoms with Gasteiger partial charge in [0.05, 0.1) is 17.3 Å². The minimum atomic E-state index is -0.732. The normalized spacial score (nSPS) is 10.9. The first-order chi connectivity index (χ1) is 15.8. The summed E-state index contributed by atoms with van der Waals surface area (Å²) in [5, 5.41) is -0.0442. The maximum atomic E-state index is 13.4. The summed E-state index contributed by atoms with van der Waals surface area (Å²) in [5.74, 6) is -1.06. The van der Waals surface area contributed by atoms with Crippen LogP contribution in [0.4, 0.5) is 15.9 Å². The third-order valence-corrected chi connectivity index (χ3v) is 6.23. The van der Waals surface area contributed by atoms with Gasteiger partial charge in [-0.1, -0.05) is 55.3 Å². The minimum absolute atomic E-state index is 0.0442. The van der Waals surface area contributed by atoms with Gasteiger partial charge >= 0.3 is 5.69 Å². The number of nitrogens with zero attached hydrogens (tertiary/aromatic N) is 2. The Kier molecular flexibility index (Phi) is 8.35. The fourth-order valence-electron chi connectivity index (χ4n) is 3.22. The number of nitrogen functional groups attached to an aromatic ring is 1. The van der Waals surface area contributed by atoms with Gasteiger partial charge in [-0.05, 0) is 30.2 Å². The zero-order valence-electron chi connectivity index (χ0n) is 18.0. The van der Waals surface area contributed by atoms with E-state index in [1.165, 1.54) is 27.7 Å². The Bertz CT molecular complexity index is 1250. The van der Waals surface area contributed by atoms with Crippen LogP contribution in [0.25, 0.3) is 0 Å². The Morgan fingerprint density at radius 3 is 2.61 bits per heavy atom. The highest BCUT2D eigenvalue weighted by Crippen LogP contribution is 2.26. The molecular weight excluding hydrogens is 467 g/mol. The van der Waals surface area contributed by atoms with Crippen molar-refractivity contribution in [2.75, 3.05) is 16.4 Å². The second-order valence-electron chi connectivity index (χ2n) is 7.33. The maximum absolute atomic E-state index is 13.4. The van der Waals surface area contributed by atoms with Gasteiger partial charge in [-0.3, -0.25) is 24.0 Å². The second kappa shape index (κ2) is 11.2. The quantitative estimate of drug-likeness (QED) is 0.441. The Morgan fingerprint density at radius 1 is 1.21 bits per heavy atom. The molecular formula is C23H24ClFN4O3S. The van der Waals surface area contributed by atoms with Crippen molar-refractivity contribution in [3.05, 3.63) is 85.8 Å². The highest BCUT2D eigenvalue weighted by atomic mass is 35.5. The number of H-pyrrole nitrogens is 1. The third kappa shape index (κ3) is 6.06. The van der Waals surface area contributed by atoms with Crippen LogP contribution in [-0.2, 0) is 17.9 Å². The number of carbonyl (C=O) groups is 1. The summed E-state index contributed by atoms with van der Waals surface area (Å²) in [4.78, 5) is 42.5. The number of rotatable bonds is 9. The Balaban J connectivity index is 1.97. The number of thioether (sulfide) groups is 1. The summed E-state index contributed by atoms with van der Waals surface area (Å²) in [6, 6.07) is 13.3. The van der Waals surface area contributed by atoms with Crippen molar-refractivity contribution < 1.29 is 9.18 Å². The molecule has 0 bridgehead atoms. The Hall–Kier alpha value is -3.04. The molecule has 0 unspecified atom stereocenters. The first-order valence-corrected chi connectivity index (χ1v) is 11.7. The van der Waals surface area contributed by atoms with E-state index >= 15 is 0 Å². The van der Waals surface area contributed by atoms with E-state index in [0.717, 1.165) is 23.7 Å². The number of hydrogen-bond acceptors (Lipinski definition) is 5. The van der Waals surface area contributed by atoms with Gasteiger partial charge in [0.2, 0.25) is 5.91 Å². The van der Waals surface area contributed by atoms with Crippen molar-refractivity contribution in [3.8, 4) is 0 Å². The first kappa shape index (κ1) is 24.6. The third-order valence-electron chi connectivity index (χ3n) is 4.96. The number of unbranched alkanes of at least 4 members (excludes halogenated alkanes) is 1. The monoisotopic (exact) mass is 490 g/mol. The summed E-state index contributed by atoms with van der Waals surface area (Å²) in [6.45, 7) is 2.38. The first-order valence-electron chi connectivity index (χ1n) is 10.4. The number of carbonyl (C=O) groups excluding carboxylic acids is 1. The average Bonchev–Trinajstić information content (AvgIpc) is 2.79. The zero-order chi connectivity index (χ0) is 24.0. The lowest BCUT2D eigenvalue weighted by Crippen LogP contribution is -2.41. The van der Waals surface area contributed by atoms with Gasteiger partial charge in [0.15, 0.2) is 5.69 Å². The number of nitrogens with one attached hydrogen (secondary N) is 1. The fraction of sp³-hybridized carbons (Fsp3) is 0.261. The molecule has 1 heterocycles. The van der Waals surface area contributed by atoms with Crippen LogP contribution in [0.2, 0.25) is 5.02 Å². The van der Waals surface area contributed by atoms with Gasteiger partial charge in [-0.2, -0.15) is 0 Å². The van der Waals surface area contributed by atoms with Gasteiger partial charge in [-0.25, -0.2) is 9.18 Å². The van der Waals surface area contributed by atoms with E-state index in [1.807, 2.05) is 37.3 Å². The molecule has 0 aliphatic carbocycles. The van der Waals surface area contributed by atoms with E-state index in [4.69, 9.17) is 17.3 Å². The van der Waals surface area contributed by atoms with E-state index < -0.39 is 23.0 Å². The van der Waals surface area contributed by atoms with Crippen molar-refractivity contribution >= 4 is 40.8 Å². The standard InChI is InChI=1S/C23H24ClFN4O3S/c1-2-3-11-28-21(26)20(22(31)27-23(28)32)29(13-15-7-5-4-6-8-15)19(30)14-33-16-9-10-18(25)17(24)12-16/h4-10,12H,2-3,11,13-14,26H2,1H3,(H,27,31,32). The Morgan fingerprint density at radius 2 is 1.94 bits per heavy atom. The van der Waals surface area contributed by atoms with Gasteiger partial charge in [0.25, 0.3) is 5.56 Å². The summed E-state index contributed by atoms with van der Waals surface area (Å²) in [6.07, 6.45) is 1.51. The van der Waals surface area contributed by atoms with Crippen molar-refractivity contribution in [2.24, 2.45) is 0 Å². The van der Waals surface area contributed by atoms with Gasteiger partial charge in [-0.15, -0.1) is 11.8 Å². The van der Waals surface area contributed by atoms with Gasteiger partial charge in [0.1, 0.15) is 11.6 Å². The molecule has 0 saturated heterocycles. The van der Waals surface area contributed by atoms with E-state index in [-0.39, 0.29) is 28.8 Å². The number of halogens is 2. The lowest BCUT2D eigenvalue weighted by atomic mass is 10.2. The molecule has 10 heteroatoms. The van der Waals surface area contributed by atoms with Gasteiger partial charge in [0, 0.05) is 11.4 Å². The van der Waals surface area contributed by atoms with Crippen molar-refractivity contribution in [1.82, 2.24) is 9.55 Å². The number of anilines is 2. The van der Waals surface area contributed by atoms with Crippen LogP contribution in [0.5, 0.6) is 0 Å². The molecule has 174 valence electrons. The van der Waals surface area contributed by atoms with Crippen LogP contribution in [0, 0.1) is 5.82 Å². The lowest BCUT2D eigenvalue weighted by molar-refractivity contribution is -0.116.